The van der Waals surface area contributed by atoms with Crippen molar-refractivity contribution in [2.75, 3.05) is 13.1 Å². The highest BCUT2D eigenvalue weighted by atomic mass is 32.2. The number of non-ortho nitro benzene ring substituents is 2. The molecule has 2 aliphatic heterocycles. The SMILES string of the molecule is CC(C)OP(OC(C)C)(OC(C)C)=C(C(=O)OCc1ccc([N+](=O)[O-])cc1)N1C(=O)C(C=C=O)(C(C)OC(=O)OCc2ccc([N+](=O)[O-])cc2)C1SC1CNC(=O)NC1. The topological polar surface area (TPSA) is 254 Å². The van der Waals surface area contributed by atoms with Crippen molar-refractivity contribution >= 4 is 66.1 Å². The molecule has 3 amide bonds. The Bertz CT molecular complexity index is 1960. The molecule has 0 saturated carbocycles. The van der Waals surface area contributed by atoms with Crippen molar-refractivity contribution in [1.82, 2.24) is 15.5 Å². The molecule has 3 unspecified atom stereocenters. The van der Waals surface area contributed by atoms with E-state index >= 15 is 0 Å². The maximum absolute atomic E-state index is 15.0. The molecule has 0 aliphatic carbocycles. The molecule has 0 bridgehead atoms. The van der Waals surface area contributed by atoms with E-state index in [4.69, 9.17) is 27.8 Å². The molecule has 59 heavy (non-hydrogen) atoms. The van der Waals surface area contributed by atoms with E-state index in [0.717, 1.165) is 22.7 Å². The van der Waals surface area contributed by atoms with Gasteiger partial charge in [-0.2, -0.15) is 0 Å². The number of hydrogen-bond acceptors (Lipinski definition) is 16. The monoisotopic (exact) mass is 863 g/mol. The van der Waals surface area contributed by atoms with Crippen LogP contribution in [-0.2, 0) is 55.4 Å². The normalized spacial score (nSPS) is 18.6. The van der Waals surface area contributed by atoms with Crippen LogP contribution >= 0.6 is 19.3 Å². The number of rotatable bonds is 19. The van der Waals surface area contributed by atoms with E-state index < -0.39 is 94.0 Å². The number of nitrogens with zero attached hydrogens (tertiary/aromatic N) is 3. The van der Waals surface area contributed by atoms with E-state index in [0.29, 0.717) is 11.1 Å². The Kier molecular flexibility index (Phi) is 15.8. The zero-order valence-corrected chi connectivity index (χ0v) is 35.0. The van der Waals surface area contributed by atoms with E-state index in [1.807, 2.05) is 0 Å². The van der Waals surface area contributed by atoms with Gasteiger partial charge in [-0.15, -0.1) is 11.8 Å². The number of β-lactam (4-membered cyclic amide) rings is 1. The van der Waals surface area contributed by atoms with Crippen molar-refractivity contribution in [3.05, 3.63) is 86.0 Å². The van der Waals surface area contributed by atoms with Crippen LogP contribution in [0.4, 0.5) is 21.0 Å². The van der Waals surface area contributed by atoms with E-state index in [1.165, 1.54) is 55.5 Å². The second kappa shape index (κ2) is 20.1. The van der Waals surface area contributed by atoms with Gasteiger partial charge in [-0.05, 0) is 83.9 Å². The Labute approximate surface area is 343 Å². The minimum Gasteiger partial charge on any atom is -0.456 e. The van der Waals surface area contributed by atoms with E-state index in [2.05, 4.69) is 10.6 Å². The molecule has 3 atom stereocenters. The fourth-order valence-corrected chi connectivity index (χ4v) is 10.5. The molecule has 20 nitrogen and oxygen atoms in total. The largest absolute Gasteiger partial charge is 0.508 e. The van der Waals surface area contributed by atoms with Gasteiger partial charge in [0.05, 0.1) is 28.2 Å². The predicted octanol–water partition coefficient (Wildman–Crippen LogP) is 5.41. The number of thioether (sulfide) groups is 1. The fraction of sp³-hybridized carbons (Fsp3) is 0.486. The van der Waals surface area contributed by atoms with Crippen LogP contribution in [-0.4, -0.2) is 98.3 Å². The molecule has 4 rings (SSSR count). The lowest BCUT2D eigenvalue weighted by molar-refractivity contribution is -0.385. The van der Waals surface area contributed by atoms with Gasteiger partial charge >= 0.3 is 18.2 Å². The van der Waals surface area contributed by atoms with Crippen LogP contribution in [0.15, 0.2) is 54.6 Å². The summed E-state index contributed by atoms with van der Waals surface area (Å²) in [5, 5.41) is 25.8. The number of hydrogen-bond donors (Lipinski definition) is 2. The molecule has 2 aromatic carbocycles. The lowest BCUT2D eigenvalue weighted by Gasteiger charge is -2.56. The molecule has 0 radical (unpaired) electrons. The molecule has 2 N–H and O–H groups in total. The third-order valence-electron chi connectivity index (χ3n) is 8.52. The summed E-state index contributed by atoms with van der Waals surface area (Å²) in [6, 6.07) is 10.0. The second-order valence-electron chi connectivity index (χ2n) is 14.1. The summed E-state index contributed by atoms with van der Waals surface area (Å²) < 4.78 is 35.8. The highest BCUT2D eigenvalue weighted by molar-refractivity contribution is 8.00. The van der Waals surface area contributed by atoms with E-state index in [-0.39, 0.29) is 31.1 Å². The first-order valence-corrected chi connectivity index (χ1v) is 20.8. The number of carbonyl (C=O) groups excluding carboxylic acids is 5. The molecule has 0 spiro atoms. The Morgan fingerprint density at radius 2 is 1.31 bits per heavy atom. The summed E-state index contributed by atoms with van der Waals surface area (Å²) >= 11 is 1.06. The number of nitro benzene ring substituents is 2. The molecule has 2 aromatic rings. The van der Waals surface area contributed by atoms with Gasteiger partial charge in [0.15, 0.2) is 0 Å². The maximum Gasteiger partial charge on any atom is 0.508 e. The van der Waals surface area contributed by atoms with Gasteiger partial charge in [0.2, 0.25) is 11.3 Å². The molecule has 2 aliphatic rings. The summed E-state index contributed by atoms with van der Waals surface area (Å²) in [7, 11) is -4.15. The zero-order chi connectivity index (χ0) is 43.7. The summed E-state index contributed by atoms with van der Waals surface area (Å²) in [6.07, 6.45) is -3.81. The minimum atomic E-state index is -4.15. The molecule has 2 saturated heterocycles. The van der Waals surface area contributed by atoms with Gasteiger partial charge in [0.25, 0.3) is 18.9 Å². The third-order valence-corrected chi connectivity index (χ3v) is 13.1. The quantitative estimate of drug-likeness (QED) is 0.0447. The summed E-state index contributed by atoms with van der Waals surface area (Å²) in [6.45, 7) is 10.8. The van der Waals surface area contributed by atoms with Gasteiger partial charge in [-0.1, -0.05) is 0 Å². The van der Waals surface area contributed by atoms with Crippen LogP contribution < -0.4 is 10.6 Å². The number of likely N-dealkylation sites (tertiary alicyclic amines) is 1. The molecule has 22 heteroatoms. The van der Waals surface area contributed by atoms with Crippen LogP contribution in [0.2, 0.25) is 0 Å². The van der Waals surface area contributed by atoms with Crippen LogP contribution in [0.5, 0.6) is 0 Å². The highest BCUT2D eigenvalue weighted by Crippen LogP contribution is 2.60. The average Bonchev–Trinajstić information content (AvgIpc) is 3.16. The van der Waals surface area contributed by atoms with Gasteiger partial charge in [0, 0.05) is 48.7 Å². The molecule has 320 valence electrons. The Balaban J connectivity index is 1.83. The van der Waals surface area contributed by atoms with Crippen molar-refractivity contribution in [1.29, 1.82) is 0 Å². The van der Waals surface area contributed by atoms with Gasteiger partial charge in [-0.3, -0.25) is 29.9 Å². The van der Waals surface area contributed by atoms with Crippen molar-refractivity contribution in [2.45, 2.75) is 96.7 Å². The predicted molar refractivity (Wildman–Crippen MR) is 213 cm³/mol. The number of nitrogens with one attached hydrogen (secondary N) is 2. The average molecular weight is 864 g/mol. The molecule has 2 heterocycles. The van der Waals surface area contributed by atoms with E-state index in [9.17, 15) is 44.2 Å². The number of esters is 1. The Hall–Kier alpha value is -5.30. The smallest absolute Gasteiger partial charge is 0.456 e. The minimum absolute atomic E-state index is 0.0934. The van der Waals surface area contributed by atoms with Crippen LogP contribution in [0.3, 0.4) is 0 Å². The Morgan fingerprint density at radius 1 is 0.847 bits per heavy atom. The fourth-order valence-electron chi connectivity index (χ4n) is 5.96. The van der Waals surface area contributed by atoms with Crippen molar-refractivity contribution in [2.24, 2.45) is 5.41 Å². The zero-order valence-electron chi connectivity index (χ0n) is 33.3. The Morgan fingerprint density at radius 3 is 1.73 bits per heavy atom. The number of carbonyl (C=O) groups is 4. The number of benzene rings is 2. The van der Waals surface area contributed by atoms with Gasteiger partial charge in [0.1, 0.15) is 36.0 Å². The van der Waals surface area contributed by atoms with Crippen molar-refractivity contribution in [3.8, 4) is 0 Å². The summed E-state index contributed by atoms with van der Waals surface area (Å²) in [5.41, 5.74) is -2.11. The summed E-state index contributed by atoms with van der Waals surface area (Å²) in [4.78, 5) is 89.3. The molecule has 0 aromatic heterocycles. The first kappa shape index (κ1) is 46.4. The lowest BCUT2D eigenvalue weighted by atomic mass is 9.73. The summed E-state index contributed by atoms with van der Waals surface area (Å²) in [5.74, 6) is -0.390. The van der Waals surface area contributed by atoms with Crippen molar-refractivity contribution in [3.63, 3.8) is 0 Å². The van der Waals surface area contributed by atoms with Crippen LogP contribution in [0, 0.1) is 25.6 Å². The highest BCUT2D eigenvalue weighted by Gasteiger charge is 2.68. The van der Waals surface area contributed by atoms with Gasteiger partial charge in [-0.25, -0.2) is 19.2 Å². The number of ether oxygens (including phenoxy) is 3. The molecule has 2 fully saturated rings. The number of amides is 3. The molecular weight excluding hydrogens is 817 g/mol. The standard InChI is InChI=1S/C37H46N5O15PS/c1-22(2)55-58(56-23(3)4,57-24(5)6)31(32(44)52-20-26-8-12-28(13-9-26)41(48)49)40-33(45)37(16-17-43,34(40)59-30-18-38-35(46)39-19-30)25(7)54-36(47)53-21-27-10-14-29(15-11-27)42(50)51/h8-16,22-25,30,34H,18-21H2,1-7H3,(H2,38,39,46). The third kappa shape index (κ3) is 11.3. The first-order chi connectivity index (χ1) is 27.8. The first-order valence-electron chi connectivity index (χ1n) is 18.3. The van der Waals surface area contributed by atoms with Crippen molar-refractivity contribution < 1.29 is 61.6 Å². The second-order valence-corrected chi connectivity index (χ2v) is 17.5. The van der Waals surface area contributed by atoms with Crippen LogP contribution in [0.25, 0.3) is 0 Å². The molecular formula is C37H46N5O15PS. The lowest BCUT2D eigenvalue weighted by Crippen LogP contribution is -2.74. The van der Waals surface area contributed by atoms with Crippen LogP contribution in [0.1, 0.15) is 59.6 Å². The number of nitro groups is 2. The maximum atomic E-state index is 15.0. The van der Waals surface area contributed by atoms with Gasteiger partial charge < -0.3 is 38.4 Å². The van der Waals surface area contributed by atoms with E-state index in [1.54, 1.807) is 47.5 Å². The number of urea groups is 1.